The second-order valence-electron chi connectivity index (χ2n) is 4.61. The topological polar surface area (TPSA) is 55.9 Å². The van der Waals surface area contributed by atoms with E-state index >= 15 is 0 Å². The Morgan fingerprint density at radius 1 is 1.28 bits per heavy atom. The summed E-state index contributed by atoms with van der Waals surface area (Å²) in [6.07, 6.45) is 0.853. The summed E-state index contributed by atoms with van der Waals surface area (Å²) in [5, 5.41) is 4.44. The van der Waals surface area contributed by atoms with Gasteiger partial charge in [-0.2, -0.15) is 5.10 Å². The Morgan fingerprint density at radius 3 is 2.44 bits per heavy atom. The molecule has 0 spiro atoms. The highest BCUT2D eigenvalue weighted by atomic mass is 15.3. The highest BCUT2D eigenvalue weighted by molar-refractivity contribution is 5.28. The second kappa shape index (κ2) is 5.33. The molecule has 4 nitrogen and oxygen atoms in total. The van der Waals surface area contributed by atoms with E-state index < -0.39 is 0 Å². The van der Waals surface area contributed by atoms with Gasteiger partial charge < -0.3 is 0 Å². The first-order valence-electron chi connectivity index (χ1n) is 6.13. The molecule has 4 heteroatoms. The number of aromatic nitrogens is 2. The van der Waals surface area contributed by atoms with Crippen molar-refractivity contribution in [1.29, 1.82) is 0 Å². The molecule has 0 aliphatic rings. The molecule has 0 amide bonds. The lowest BCUT2D eigenvalue weighted by Gasteiger charge is -2.16. The molecule has 18 heavy (non-hydrogen) atoms. The zero-order chi connectivity index (χ0) is 13.1. The van der Waals surface area contributed by atoms with Crippen molar-refractivity contribution < 1.29 is 0 Å². The number of hydrogen-bond acceptors (Lipinski definition) is 3. The van der Waals surface area contributed by atoms with Crippen molar-refractivity contribution in [2.45, 2.75) is 26.3 Å². The molecule has 2 aromatic rings. The van der Waals surface area contributed by atoms with Crippen molar-refractivity contribution in [1.82, 2.24) is 15.2 Å². The van der Waals surface area contributed by atoms with Crippen LogP contribution in [-0.2, 0) is 13.5 Å². The summed E-state index contributed by atoms with van der Waals surface area (Å²) < 4.78 is 1.92. The van der Waals surface area contributed by atoms with Crippen LogP contribution in [0.2, 0.25) is 0 Å². The molecule has 1 unspecified atom stereocenters. The average Bonchev–Trinajstić information content (AvgIpc) is 2.62. The van der Waals surface area contributed by atoms with Gasteiger partial charge in [-0.25, -0.2) is 0 Å². The highest BCUT2D eigenvalue weighted by Gasteiger charge is 2.16. The normalized spacial score (nSPS) is 12.7. The van der Waals surface area contributed by atoms with Crippen molar-refractivity contribution in [3.63, 3.8) is 0 Å². The van der Waals surface area contributed by atoms with Gasteiger partial charge in [-0.15, -0.1) is 0 Å². The number of hydrogen-bond donors (Lipinski definition) is 2. The number of nitrogens with two attached hydrogens (primary N) is 1. The predicted octanol–water partition coefficient (Wildman–Crippen LogP) is 1.78. The first-order chi connectivity index (χ1) is 8.63. The Kier molecular flexibility index (Phi) is 3.79. The molecular weight excluding hydrogens is 224 g/mol. The van der Waals surface area contributed by atoms with Crippen LogP contribution in [0.3, 0.4) is 0 Å². The number of nitrogens with zero attached hydrogens (tertiary/aromatic N) is 2. The Labute approximate surface area is 108 Å². The number of rotatable bonds is 4. The van der Waals surface area contributed by atoms with Crippen LogP contribution in [0.5, 0.6) is 0 Å². The van der Waals surface area contributed by atoms with Crippen molar-refractivity contribution >= 4 is 0 Å². The van der Waals surface area contributed by atoms with E-state index in [0.29, 0.717) is 0 Å². The van der Waals surface area contributed by atoms with Crippen LogP contribution in [0, 0.1) is 13.8 Å². The van der Waals surface area contributed by atoms with Crippen LogP contribution >= 0.6 is 0 Å². The van der Waals surface area contributed by atoms with Gasteiger partial charge >= 0.3 is 0 Å². The maximum absolute atomic E-state index is 5.68. The summed E-state index contributed by atoms with van der Waals surface area (Å²) >= 11 is 0. The Bertz CT molecular complexity index is 516. The smallest absolute Gasteiger partial charge is 0.0629 e. The molecule has 0 aliphatic heterocycles. The molecule has 1 heterocycles. The molecule has 3 N–H and O–H groups in total. The maximum Gasteiger partial charge on any atom is 0.0629 e. The van der Waals surface area contributed by atoms with Gasteiger partial charge in [0.25, 0.3) is 0 Å². The van der Waals surface area contributed by atoms with Gasteiger partial charge in [0.1, 0.15) is 0 Å². The lowest BCUT2D eigenvalue weighted by Crippen LogP contribution is -2.29. The predicted molar refractivity (Wildman–Crippen MR) is 72.9 cm³/mol. The van der Waals surface area contributed by atoms with E-state index in [-0.39, 0.29) is 6.04 Å². The molecule has 1 aromatic heterocycles. The van der Waals surface area contributed by atoms with Crippen LogP contribution in [0.1, 0.15) is 28.6 Å². The SMILES string of the molecule is Cc1nn(C)c(C)c1CC(NN)c1ccccc1. The molecule has 0 bridgehead atoms. The van der Waals surface area contributed by atoms with Crippen molar-refractivity contribution in [2.24, 2.45) is 12.9 Å². The Balaban J connectivity index is 2.26. The van der Waals surface area contributed by atoms with Crippen LogP contribution in [0.15, 0.2) is 30.3 Å². The van der Waals surface area contributed by atoms with E-state index in [2.05, 4.69) is 29.6 Å². The van der Waals surface area contributed by atoms with E-state index in [1.165, 1.54) is 16.8 Å². The van der Waals surface area contributed by atoms with Crippen LogP contribution in [-0.4, -0.2) is 9.78 Å². The van der Waals surface area contributed by atoms with E-state index in [0.717, 1.165) is 12.1 Å². The zero-order valence-electron chi connectivity index (χ0n) is 11.1. The summed E-state index contributed by atoms with van der Waals surface area (Å²) in [7, 11) is 1.97. The standard InChI is InChI=1S/C14H20N4/c1-10-13(11(2)18(3)17-10)9-14(16-15)12-7-5-4-6-8-12/h4-8,14,16H,9,15H2,1-3H3. The third-order valence-corrected chi connectivity index (χ3v) is 3.47. The van der Waals surface area contributed by atoms with E-state index in [4.69, 9.17) is 5.84 Å². The van der Waals surface area contributed by atoms with E-state index in [1.807, 2.05) is 36.9 Å². The number of aryl methyl sites for hydroxylation is 2. The van der Waals surface area contributed by atoms with Crippen molar-refractivity contribution in [3.05, 3.63) is 52.8 Å². The van der Waals surface area contributed by atoms with Gasteiger partial charge in [0.05, 0.1) is 11.7 Å². The minimum Gasteiger partial charge on any atom is -0.272 e. The third kappa shape index (κ3) is 2.44. The van der Waals surface area contributed by atoms with E-state index in [9.17, 15) is 0 Å². The molecule has 1 atom stereocenters. The third-order valence-electron chi connectivity index (χ3n) is 3.47. The largest absolute Gasteiger partial charge is 0.272 e. The number of nitrogens with one attached hydrogen (secondary N) is 1. The summed E-state index contributed by atoms with van der Waals surface area (Å²) in [6.45, 7) is 4.13. The molecule has 0 aliphatic carbocycles. The van der Waals surface area contributed by atoms with E-state index in [1.54, 1.807) is 0 Å². The van der Waals surface area contributed by atoms with Gasteiger partial charge in [-0.05, 0) is 31.4 Å². The first-order valence-corrected chi connectivity index (χ1v) is 6.13. The maximum atomic E-state index is 5.68. The molecular formula is C14H20N4. The molecule has 0 saturated heterocycles. The fraction of sp³-hybridized carbons (Fsp3) is 0.357. The second-order valence-corrected chi connectivity index (χ2v) is 4.61. The molecule has 0 saturated carbocycles. The molecule has 1 aromatic carbocycles. The van der Waals surface area contributed by atoms with Gasteiger partial charge in [0.15, 0.2) is 0 Å². The highest BCUT2D eigenvalue weighted by Crippen LogP contribution is 2.21. The lowest BCUT2D eigenvalue weighted by molar-refractivity contribution is 0.549. The molecule has 0 fully saturated rings. The molecule has 96 valence electrons. The number of benzene rings is 1. The Hall–Kier alpha value is -1.65. The number of hydrazine groups is 1. The van der Waals surface area contributed by atoms with Gasteiger partial charge in [0, 0.05) is 12.7 Å². The summed E-state index contributed by atoms with van der Waals surface area (Å²) in [6, 6.07) is 10.4. The van der Waals surface area contributed by atoms with Crippen LogP contribution < -0.4 is 11.3 Å². The van der Waals surface area contributed by atoms with Crippen LogP contribution in [0.4, 0.5) is 0 Å². The molecule has 0 radical (unpaired) electrons. The van der Waals surface area contributed by atoms with Crippen molar-refractivity contribution in [2.75, 3.05) is 0 Å². The summed E-state index contributed by atoms with van der Waals surface area (Å²) in [5.41, 5.74) is 7.63. The van der Waals surface area contributed by atoms with Crippen molar-refractivity contribution in [3.8, 4) is 0 Å². The summed E-state index contributed by atoms with van der Waals surface area (Å²) in [5.74, 6) is 5.68. The minimum absolute atomic E-state index is 0.118. The average molecular weight is 244 g/mol. The molecule has 2 rings (SSSR count). The first kappa shape index (κ1) is 12.8. The van der Waals surface area contributed by atoms with Gasteiger partial charge in [-0.3, -0.25) is 16.0 Å². The van der Waals surface area contributed by atoms with Crippen LogP contribution in [0.25, 0.3) is 0 Å². The lowest BCUT2D eigenvalue weighted by atomic mass is 9.98. The quantitative estimate of drug-likeness (QED) is 0.637. The van der Waals surface area contributed by atoms with Gasteiger partial charge in [-0.1, -0.05) is 30.3 Å². The minimum atomic E-state index is 0.118. The summed E-state index contributed by atoms with van der Waals surface area (Å²) in [4.78, 5) is 0. The monoisotopic (exact) mass is 244 g/mol. The fourth-order valence-electron chi connectivity index (χ4n) is 2.28. The zero-order valence-corrected chi connectivity index (χ0v) is 11.1. The van der Waals surface area contributed by atoms with Gasteiger partial charge in [0.2, 0.25) is 0 Å². The Morgan fingerprint density at radius 2 is 1.94 bits per heavy atom. The fourth-order valence-corrected chi connectivity index (χ4v) is 2.28.